The summed E-state index contributed by atoms with van der Waals surface area (Å²) in [6.45, 7) is 4.02. The van der Waals surface area contributed by atoms with Gasteiger partial charge in [-0.1, -0.05) is 0 Å². The molecule has 13 heavy (non-hydrogen) atoms. The van der Waals surface area contributed by atoms with Crippen molar-refractivity contribution >= 4 is 0 Å². The van der Waals surface area contributed by atoms with Crippen molar-refractivity contribution in [2.75, 3.05) is 0 Å². The van der Waals surface area contributed by atoms with E-state index >= 15 is 0 Å². The van der Waals surface area contributed by atoms with E-state index in [-0.39, 0.29) is 5.60 Å². The van der Waals surface area contributed by atoms with E-state index in [4.69, 9.17) is 10.00 Å². The van der Waals surface area contributed by atoms with Crippen molar-refractivity contribution in [1.29, 1.82) is 5.26 Å². The van der Waals surface area contributed by atoms with E-state index in [2.05, 4.69) is 4.98 Å². The second-order valence-electron chi connectivity index (χ2n) is 3.80. The number of hydrogen-bond acceptors (Lipinski definition) is 3. The number of rotatable bonds is 0. The molecule has 0 atom stereocenters. The quantitative estimate of drug-likeness (QED) is 0.601. The maximum Gasteiger partial charge on any atom is 0.182 e. The molecule has 0 saturated carbocycles. The third-order valence-corrected chi connectivity index (χ3v) is 2.09. The molecule has 1 aliphatic rings. The molecule has 0 aromatic carbocycles. The van der Waals surface area contributed by atoms with Crippen LogP contribution in [-0.4, -0.2) is 10.6 Å². The molecule has 1 aromatic rings. The van der Waals surface area contributed by atoms with Gasteiger partial charge in [-0.25, -0.2) is 4.98 Å². The Balaban J connectivity index is 2.53. The molecule has 1 aliphatic heterocycles. The van der Waals surface area contributed by atoms with Crippen molar-refractivity contribution in [3.05, 3.63) is 23.5 Å². The van der Waals surface area contributed by atoms with E-state index < -0.39 is 0 Å². The van der Waals surface area contributed by atoms with Crippen molar-refractivity contribution < 1.29 is 4.74 Å². The van der Waals surface area contributed by atoms with E-state index in [1.807, 2.05) is 26.0 Å². The van der Waals surface area contributed by atoms with Gasteiger partial charge in [0.15, 0.2) is 11.4 Å². The number of ether oxygens (including phenoxy) is 1. The van der Waals surface area contributed by atoms with Crippen LogP contribution in [0.1, 0.15) is 25.1 Å². The lowest BCUT2D eigenvalue weighted by atomic mass is 10.0. The average molecular weight is 174 g/mol. The van der Waals surface area contributed by atoms with Gasteiger partial charge in [0.1, 0.15) is 11.7 Å². The molecule has 0 amide bonds. The minimum atomic E-state index is -0.197. The predicted octanol–water partition coefficient (Wildman–Crippen LogP) is 1.67. The van der Waals surface area contributed by atoms with Gasteiger partial charge in [-0.3, -0.25) is 0 Å². The molecule has 2 heterocycles. The Labute approximate surface area is 77.0 Å². The third kappa shape index (κ3) is 1.25. The van der Waals surface area contributed by atoms with E-state index in [0.717, 1.165) is 12.0 Å². The van der Waals surface area contributed by atoms with Crippen LogP contribution >= 0.6 is 0 Å². The second-order valence-corrected chi connectivity index (χ2v) is 3.80. The van der Waals surface area contributed by atoms with Crippen LogP contribution < -0.4 is 4.74 Å². The van der Waals surface area contributed by atoms with Crippen LogP contribution in [0, 0.1) is 11.3 Å². The first-order valence-electron chi connectivity index (χ1n) is 4.19. The van der Waals surface area contributed by atoms with Crippen molar-refractivity contribution in [2.45, 2.75) is 25.9 Å². The summed E-state index contributed by atoms with van der Waals surface area (Å²) in [4.78, 5) is 3.95. The molecule has 3 nitrogen and oxygen atoms in total. The molecule has 2 rings (SSSR count). The predicted molar refractivity (Wildman–Crippen MR) is 47.4 cm³/mol. The van der Waals surface area contributed by atoms with Crippen LogP contribution in [0.4, 0.5) is 0 Å². The molecule has 0 saturated heterocycles. The highest BCUT2D eigenvalue weighted by molar-refractivity contribution is 5.47. The smallest absolute Gasteiger partial charge is 0.182 e. The first-order valence-corrected chi connectivity index (χ1v) is 4.19. The van der Waals surface area contributed by atoms with Gasteiger partial charge in [0, 0.05) is 18.2 Å². The van der Waals surface area contributed by atoms with Gasteiger partial charge in [-0.2, -0.15) is 5.26 Å². The zero-order valence-electron chi connectivity index (χ0n) is 7.66. The zero-order valence-corrected chi connectivity index (χ0v) is 7.66. The Bertz CT molecular complexity index is 390. The maximum atomic E-state index is 8.78. The van der Waals surface area contributed by atoms with Gasteiger partial charge < -0.3 is 4.74 Å². The minimum Gasteiger partial charge on any atom is -0.484 e. The maximum absolute atomic E-state index is 8.78. The van der Waals surface area contributed by atoms with Crippen LogP contribution in [-0.2, 0) is 6.42 Å². The van der Waals surface area contributed by atoms with E-state index in [9.17, 15) is 0 Å². The Morgan fingerprint density at radius 3 is 3.08 bits per heavy atom. The summed E-state index contributed by atoms with van der Waals surface area (Å²) in [5.41, 5.74) is 1.27. The first kappa shape index (κ1) is 8.06. The summed E-state index contributed by atoms with van der Waals surface area (Å²) in [5, 5.41) is 8.78. The van der Waals surface area contributed by atoms with Crippen molar-refractivity contribution in [3.8, 4) is 11.8 Å². The molecule has 0 aliphatic carbocycles. The Morgan fingerprint density at radius 1 is 1.62 bits per heavy atom. The summed E-state index contributed by atoms with van der Waals surface area (Å²) >= 11 is 0. The van der Waals surface area contributed by atoms with Gasteiger partial charge in [-0.15, -0.1) is 0 Å². The number of pyridine rings is 1. The Kier molecular flexibility index (Phi) is 1.53. The molecule has 0 fully saturated rings. The highest BCUT2D eigenvalue weighted by atomic mass is 16.5. The molecule has 0 spiro atoms. The summed E-state index contributed by atoms with van der Waals surface area (Å²) in [7, 11) is 0. The fourth-order valence-corrected chi connectivity index (χ4v) is 1.59. The summed E-state index contributed by atoms with van der Waals surface area (Å²) in [6.07, 6.45) is 2.50. The summed E-state index contributed by atoms with van der Waals surface area (Å²) < 4.78 is 5.63. The number of hydrogen-bond donors (Lipinski definition) is 0. The average Bonchev–Trinajstić information content (AvgIpc) is 2.37. The lowest BCUT2D eigenvalue weighted by Gasteiger charge is -2.16. The summed E-state index contributed by atoms with van der Waals surface area (Å²) in [6, 6.07) is 3.94. The van der Waals surface area contributed by atoms with Crippen LogP contribution in [0.15, 0.2) is 12.3 Å². The second kappa shape index (κ2) is 2.46. The van der Waals surface area contributed by atoms with Crippen molar-refractivity contribution in [2.24, 2.45) is 0 Å². The molecule has 0 unspecified atom stereocenters. The first-order chi connectivity index (χ1) is 6.12. The highest BCUT2D eigenvalue weighted by Gasteiger charge is 2.32. The van der Waals surface area contributed by atoms with Crippen LogP contribution in [0.3, 0.4) is 0 Å². The third-order valence-electron chi connectivity index (χ3n) is 2.09. The lowest BCUT2D eigenvalue weighted by Crippen LogP contribution is -2.24. The molecule has 0 bridgehead atoms. The molecule has 0 N–H and O–H groups in total. The summed E-state index contributed by atoms with van der Waals surface area (Å²) in [5.74, 6) is 0.662. The fourth-order valence-electron chi connectivity index (χ4n) is 1.59. The highest BCUT2D eigenvalue weighted by Crippen LogP contribution is 2.35. The number of aromatic nitrogens is 1. The SMILES string of the molecule is CC1(C)Cc2ccnc(C#N)c2O1. The van der Waals surface area contributed by atoms with E-state index in [1.165, 1.54) is 0 Å². The monoisotopic (exact) mass is 174 g/mol. The van der Waals surface area contributed by atoms with Crippen LogP contribution in [0.2, 0.25) is 0 Å². The lowest BCUT2D eigenvalue weighted by molar-refractivity contribution is 0.137. The zero-order chi connectivity index (χ0) is 9.47. The van der Waals surface area contributed by atoms with Gasteiger partial charge in [-0.05, 0) is 19.9 Å². The Hall–Kier alpha value is -1.56. The molecular formula is C10H10N2O. The van der Waals surface area contributed by atoms with Gasteiger partial charge in [0.25, 0.3) is 0 Å². The normalized spacial score (nSPS) is 17.3. The molecule has 1 aromatic heterocycles. The van der Waals surface area contributed by atoms with Gasteiger partial charge >= 0.3 is 0 Å². The van der Waals surface area contributed by atoms with Crippen LogP contribution in [0.5, 0.6) is 5.75 Å². The molecule has 3 heteroatoms. The fraction of sp³-hybridized carbons (Fsp3) is 0.400. The molecule has 0 radical (unpaired) electrons. The minimum absolute atomic E-state index is 0.197. The van der Waals surface area contributed by atoms with Crippen LogP contribution in [0.25, 0.3) is 0 Å². The molecule has 66 valence electrons. The largest absolute Gasteiger partial charge is 0.484 e. The number of nitrogens with zero attached hydrogens (tertiary/aromatic N) is 2. The number of nitriles is 1. The number of fused-ring (bicyclic) bond motifs is 1. The standard InChI is InChI=1S/C10H10N2O/c1-10(2)5-7-3-4-12-8(6-11)9(7)13-10/h3-4H,5H2,1-2H3. The van der Waals surface area contributed by atoms with Gasteiger partial charge in [0.2, 0.25) is 0 Å². The van der Waals surface area contributed by atoms with E-state index in [0.29, 0.717) is 11.4 Å². The van der Waals surface area contributed by atoms with E-state index in [1.54, 1.807) is 6.20 Å². The topological polar surface area (TPSA) is 45.9 Å². The molecular weight excluding hydrogens is 164 g/mol. The van der Waals surface area contributed by atoms with Crippen molar-refractivity contribution in [1.82, 2.24) is 4.98 Å². The van der Waals surface area contributed by atoms with Crippen molar-refractivity contribution in [3.63, 3.8) is 0 Å². The van der Waals surface area contributed by atoms with Gasteiger partial charge in [0.05, 0.1) is 0 Å². The Morgan fingerprint density at radius 2 is 2.38 bits per heavy atom.